The Morgan fingerprint density at radius 2 is 2.06 bits per heavy atom. The second-order valence-corrected chi connectivity index (χ2v) is 4.30. The van der Waals surface area contributed by atoms with Gasteiger partial charge in [-0.3, -0.25) is 10.1 Å². The van der Waals surface area contributed by atoms with E-state index in [9.17, 15) is 27.3 Å². The van der Waals surface area contributed by atoms with Gasteiger partial charge in [-0.1, -0.05) is 0 Å². The number of aromatic nitrogens is 1. The van der Waals surface area contributed by atoms with Gasteiger partial charge >= 0.3 is 0 Å². The Bertz CT molecular complexity index is 573. The van der Waals surface area contributed by atoms with Gasteiger partial charge < -0.3 is 5.11 Å². The van der Waals surface area contributed by atoms with Crippen molar-refractivity contribution in [2.75, 3.05) is 0 Å². The maximum absolute atomic E-state index is 12.4. The van der Waals surface area contributed by atoms with Crippen LogP contribution in [0.15, 0.2) is 11.1 Å². The number of pyridine rings is 1. The minimum Gasteiger partial charge on any atom is -0.505 e. The van der Waals surface area contributed by atoms with E-state index in [-0.39, 0.29) is 6.07 Å². The Balaban J connectivity index is 3.63. The Kier molecular flexibility index (Phi) is 3.24. The van der Waals surface area contributed by atoms with Crippen LogP contribution in [0.1, 0.15) is 12.1 Å². The summed E-state index contributed by atoms with van der Waals surface area (Å²) in [6, 6.07) is 0.258. The van der Waals surface area contributed by atoms with E-state index < -0.39 is 43.5 Å². The van der Waals surface area contributed by atoms with Gasteiger partial charge in [-0.25, -0.2) is 27.3 Å². The summed E-state index contributed by atoms with van der Waals surface area (Å²) < 4.78 is 46.5. The van der Waals surface area contributed by atoms with Gasteiger partial charge in [0.25, 0.3) is 22.1 Å². The highest BCUT2D eigenvalue weighted by Crippen LogP contribution is 2.32. The summed E-state index contributed by atoms with van der Waals surface area (Å²) in [5.74, 6) is -1.16. The predicted octanol–water partition coefficient (Wildman–Crippen LogP) is 0.280. The smallest absolute Gasteiger partial charge is 0.300 e. The number of aromatic hydroxyl groups is 1. The highest BCUT2D eigenvalue weighted by molar-refractivity contribution is 7.89. The van der Waals surface area contributed by atoms with Crippen molar-refractivity contribution < 1.29 is 27.2 Å². The molecular weight excluding hydrogens is 264 g/mol. The van der Waals surface area contributed by atoms with Gasteiger partial charge in [0.05, 0.1) is 11.0 Å². The number of rotatable bonds is 3. The zero-order valence-corrected chi connectivity index (χ0v) is 8.69. The van der Waals surface area contributed by atoms with E-state index in [4.69, 9.17) is 5.11 Å². The molecular formula is C6H5F2N3O5S. The summed E-state index contributed by atoms with van der Waals surface area (Å²) in [5.41, 5.74) is -2.57. The Morgan fingerprint density at radius 3 is 2.41 bits per heavy atom. The molecule has 94 valence electrons. The van der Waals surface area contributed by atoms with Crippen LogP contribution in [-0.2, 0) is 10.0 Å². The molecule has 0 aromatic carbocycles. The molecule has 0 radical (unpaired) electrons. The molecule has 1 rings (SSSR count). The van der Waals surface area contributed by atoms with E-state index in [2.05, 4.69) is 10.1 Å². The summed E-state index contributed by atoms with van der Waals surface area (Å²) in [6.45, 7) is 0. The second kappa shape index (κ2) is 4.18. The van der Waals surface area contributed by atoms with E-state index in [0.717, 1.165) is 0 Å². The number of hydrogen-bond donors (Lipinski definition) is 2. The Morgan fingerprint density at radius 1 is 1.53 bits per heavy atom. The number of nitro groups is 1. The highest BCUT2D eigenvalue weighted by atomic mass is 32.2. The van der Waals surface area contributed by atoms with Crippen LogP contribution < -0.4 is 5.14 Å². The van der Waals surface area contributed by atoms with Crippen molar-refractivity contribution in [2.24, 2.45) is 5.14 Å². The average Bonchev–Trinajstić information content (AvgIpc) is 2.14. The first-order chi connectivity index (χ1) is 7.64. The molecule has 0 aliphatic rings. The van der Waals surface area contributed by atoms with Crippen molar-refractivity contribution in [2.45, 2.75) is 11.5 Å². The first-order valence-corrected chi connectivity index (χ1v) is 5.38. The molecule has 0 amide bonds. The molecule has 0 aliphatic carbocycles. The van der Waals surface area contributed by atoms with Crippen molar-refractivity contribution in [3.63, 3.8) is 0 Å². The number of primary sulfonamides is 1. The molecule has 0 saturated heterocycles. The number of nitrogens with zero attached hydrogens (tertiary/aromatic N) is 2. The molecule has 0 unspecified atom stereocenters. The van der Waals surface area contributed by atoms with Gasteiger partial charge in [0.2, 0.25) is 5.03 Å². The molecule has 0 atom stereocenters. The zero-order chi connectivity index (χ0) is 13.4. The van der Waals surface area contributed by atoms with Gasteiger partial charge in [0.1, 0.15) is 0 Å². The van der Waals surface area contributed by atoms with Gasteiger partial charge in [0.15, 0.2) is 11.4 Å². The van der Waals surface area contributed by atoms with Crippen molar-refractivity contribution in [3.05, 3.63) is 21.9 Å². The Labute approximate surface area is 92.9 Å². The van der Waals surface area contributed by atoms with E-state index >= 15 is 0 Å². The molecule has 0 aliphatic heterocycles. The highest BCUT2D eigenvalue weighted by Gasteiger charge is 2.29. The minimum absolute atomic E-state index is 0.258. The summed E-state index contributed by atoms with van der Waals surface area (Å²) in [6.07, 6.45) is -3.38. The fourth-order valence-electron chi connectivity index (χ4n) is 1.01. The maximum atomic E-state index is 12.4. The molecule has 1 aromatic rings. The molecule has 0 spiro atoms. The normalized spacial score (nSPS) is 11.8. The average molecular weight is 269 g/mol. The molecule has 3 N–H and O–H groups in total. The van der Waals surface area contributed by atoms with Crippen LogP contribution in [0.5, 0.6) is 5.75 Å². The van der Waals surface area contributed by atoms with Crippen LogP contribution in [-0.4, -0.2) is 23.4 Å². The number of sulfonamides is 1. The third kappa shape index (κ3) is 2.62. The number of alkyl halides is 2. The van der Waals surface area contributed by atoms with E-state index in [0.29, 0.717) is 0 Å². The van der Waals surface area contributed by atoms with Crippen LogP contribution >= 0.6 is 0 Å². The Hall–Kier alpha value is -1.88. The lowest BCUT2D eigenvalue weighted by molar-refractivity contribution is -0.386. The van der Waals surface area contributed by atoms with Gasteiger partial charge in [-0.2, -0.15) is 0 Å². The predicted molar refractivity (Wildman–Crippen MR) is 48.9 cm³/mol. The zero-order valence-electron chi connectivity index (χ0n) is 7.87. The maximum Gasteiger partial charge on any atom is 0.300 e. The lowest BCUT2D eigenvalue weighted by Gasteiger charge is -2.05. The number of hydrogen-bond acceptors (Lipinski definition) is 6. The van der Waals surface area contributed by atoms with E-state index in [1.807, 2.05) is 0 Å². The first-order valence-electron chi connectivity index (χ1n) is 3.84. The van der Waals surface area contributed by atoms with E-state index in [1.54, 1.807) is 0 Å². The standard InChI is InChI=1S/C6H5F2N3O5S/c7-5(8)4-2(11(13)14)1-3(12)6(10-4)17(9,15)16/h1,5,12H,(H2,9,15,16). The first kappa shape index (κ1) is 13.2. The third-order valence-electron chi connectivity index (χ3n) is 1.65. The minimum atomic E-state index is -4.55. The lowest BCUT2D eigenvalue weighted by Crippen LogP contribution is -2.16. The monoisotopic (exact) mass is 269 g/mol. The molecule has 8 nitrogen and oxygen atoms in total. The van der Waals surface area contributed by atoms with Crippen LogP contribution in [0, 0.1) is 10.1 Å². The van der Waals surface area contributed by atoms with Crippen LogP contribution in [0.3, 0.4) is 0 Å². The van der Waals surface area contributed by atoms with Gasteiger partial charge in [-0.05, 0) is 0 Å². The van der Waals surface area contributed by atoms with Crippen LogP contribution in [0.4, 0.5) is 14.5 Å². The van der Waals surface area contributed by atoms with Gasteiger partial charge in [-0.15, -0.1) is 0 Å². The third-order valence-corrected chi connectivity index (χ3v) is 2.49. The molecule has 0 fully saturated rings. The molecule has 0 bridgehead atoms. The van der Waals surface area contributed by atoms with E-state index in [1.165, 1.54) is 0 Å². The SMILES string of the molecule is NS(=O)(=O)c1nc(C(F)F)c([N+](=O)[O-])cc1O. The number of nitrogens with two attached hydrogens (primary N) is 1. The fourth-order valence-corrected chi connectivity index (χ4v) is 1.58. The largest absolute Gasteiger partial charge is 0.505 e. The van der Waals surface area contributed by atoms with Crippen molar-refractivity contribution >= 4 is 15.7 Å². The quantitative estimate of drug-likeness (QED) is 0.597. The fraction of sp³-hybridized carbons (Fsp3) is 0.167. The molecule has 0 saturated carbocycles. The van der Waals surface area contributed by atoms with Gasteiger partial charge in [0, 0.05) is 0 Å². The molecule has 17 heavy (non-hydrogen) atoms. The molecule has 1 aromatic heterocycles. The number of halogens is 2. The summed E-state index contributed by atoms with van der Waals surface area (Å²) in [5, 5.41) is 22.8. The topological polar surface area (TPSA) is 136 Å². The van der Waals surface area contributed by atoms with Crippen LogP contribution in [0.25, 0.3) is 0 Å². The van der Waals surface area contributed by atoms with Crippen LogP contribution in [0.2, 0.25) is 0 Å². The lowest BCUT2D eigenvalue weighted by atomic mass is 10.3. The second-order valence-electron chi connectivity index (χ2n) is 2.82. The summed E-state index contributed by atoms with van der Waals surface area (Å²) in [4.78, 5) is 12.0. The summed E-state index contributed by atoms with van der Waals surface area (Å²) in [7, 11) is -4.55. The molecule has 11 heteroatoms. The van der Waals surface area contributed by atoms with Crippen molar-refractivity contribution in [1.29, 1.82) is 0 Å². The summed E-state index contributed by atoms with van der Waals surface area (Å²) >= 11 is 0. The van der Waals surface area contributed by atoms with Crippen molar-refractivity contribution in [3.8, 4) is 5.75 Å². The molecule has 1 heterocycles. The van der Waals surface area contributed by atoms with Crippen molar-refractivity contribution in [1.82, 2.24) is 4.98 Å².